The Hall–Kier alpha value is -1.02. The van der Waals surface area contributed by atoms with Gasteiger partial charge in [0, 0.05) is 18.3 Å². The fraction of sp³-hybridized carbons (Fsp3) is 0.667. The van der Waals surface area contributed by atoms with Crippen molar-refractivity contribution < 1.29 is 0 Å². The van der Waals surface area contributed by atoms with Crippen molar-refractivity contribution in [2.75, 3.05) is 18.4 Å². The molecule has 1 N–H and O–H groups in total. The third kappa shape index (κ3) is 5.96. The van der Waals surface area contributed by atoms with E-state index in [0.717, 1.165) is 25.6 Å². The molecule has 0 aliphatic carbocycles. The van der Waals surface area contributed by atoms with Crippen molar-refractivity contribution in [2.45, 2.75) is 60.0 Å². The molecule has 0 fully saturated rings. The molecule has 0 saturated carbocycles. The van der Waals surface area contributed by atoms with E-state index in [1.807, 2.05) is 0 Å². The predicted octanol–water partition coefficient (Wildman–Crippen LogP) is 4.77. The highest BCUT2D eigenvalue weighted by atomic mass is 15.1. The molecule has 1 aromatic rings. The number of nitrogens with zero attached hydrogens (tertiary/aromatic N) is 1. The largest absolute Gasteiger partial charge is 0.382 e. The second-order valence-corrected chi connectivity index (χ2v) is 6.14. The summed E-state index contributed by atoms with van der Waals surface area (Å²) in [7, 11) is 0. The molecule has 1 unspecified atom stereocenters. The summed E-state index contributed by atoms with van der Waals surface area (Å²) >= 11 is 0. The second-order valence-electron chi connectivity index (χ2n) is 6.14. The molecule has 1 atom stereocenters. The van der Waals surface area contributed by atoms with E-state index >= 15 is 0 Å². The normalized spacial score (nSPS) is 12.9. The predicted molar refractivity (Wildman–Crippen MR) is 90.2 cm³/mol. The van der Waals surface area contributed by atoms with Crippen LogP contribution in [0.25, 0.3) is 0 Å². The summed E-state index contributed by atoms with van der Waals surface area (Å²) in [6.07, 6.45) is 2.52. The maximum Gasteiger partial charge on any atom is 0.0387 e. The number of para-hydroxylation sites is 1. The Bertz CT molecular complexity index is 369. The maximum atomic E-state index is 3.69. The van der Waals surface area contributed by atoms with Gasteiger partial charge in [0.2, 0.25) is 0 Å². The monoisotopic (exact) mass is 276 g/mol. The molecule has 2 nitrogen and oxygen atoms in total. The van der Waals surface area contributed by atoms with Crippen molar-refractivity contribution in [3.63, 3.8) is 0 Å². The van der Waals surface area contributed by atoms with Gasteiger partial charge in [0.05, 0.1) is 0 Å². The minimum atomic E-state index is 0.537. The molecule has 0 aliphatic heterocycles. The average Bonchev–Trinajstić information content (AvgIpc) is 2.44. The lowest BCUT2D eigenvalue weighted by atomic mass is 10.0. The molecule has 20 heavy (non-hydrogen) atoms. The van der Waals surface area contributed by atoms with Gasteiger partial charge < -0.3 is 5.32 Å². The smallest absolute Gasteiger partial charge is 0.0387 e. The van der Waals surface area contributed by atoms with Crippen LogP contribution in [-0.2, 0) is 6.54 Å². The third-order valence-corrected chi connectivity index (χ3v) is 3.88. The topological polar surface area (TPSA) is 15.3 Å². The fourth-order valence-corrected chi connectivity index (χ4v) is 2.41. The highest BCUT2D eigenvalue weighted by Gasteiger charge is 2.09. The molecule has 0 radical (unpaired) electrons. The zero-order chi connectivity index (χ0) is 15.0. The molecule has 0 aliphatic rings. The number of anilines is 1. The van der Waals surface area contributed by atoms with Crippen LogP contribution in [-0.4, -0.2) is 24.0 Å². The molecular formula is C18H32N2. The zero-order valence-electron chi connectivity index (χ0n) is 13.9. The highest BCUT2D eigenvalue weighted by molar-refractivity contribution is 5.51. The van der Waals surface area contributed by atoms with Gasteiger partial charge in [-0.15, -0.1) is 0 Å². The number of rotatable bonds is 9. The lowest BCUT2D eigenvalue weighted by molar-refractivity contribution is 0.296. The van der Waals surface area contributed by atoms with Crippen LogP contribution in [0.5, 0.6) is 0 Å². The van der Waals surface area contributed by atoms with Crippen LogP contribution in [0, 0.1) is 5.92 Å². The van der Waals surface area contributed by atoms with Gasteiger partial charge in [0.1, 0.15) is 0 Å². The van der Waals surface area contributed by atoms with Gasteiger partial charge in [-0.2, -0.15) is 0 Å². The molecule has 0 saturated heterocycles. The van der Waals surface area contributed by atoms with Crippen molar-refractivity contribution in [3.8, 4) is 0 Å². The fourth-order valence-electron chi connectivity index (χ4n) is 2.41. The standard InChI is InChI=1S/C18H32N2/c1-6-20(7-2)14-17-10-8-9-11-18(17)19-16(5)13-12-15(3)4/h8-11,15-16,19H,6-7,12-14H2,1-5H3. The quantitative estimate of drug-likeness (QED) is 0.699. The summed E-state index contributed by atoms with van der Waals surface area (Å²) in [6.45, 7) is 14.6. The zero-order valence-corrected chi connectivity index (χ0v) is 13.9. The van der Waals surface area contributed by atoms with E-state index in [2.05, 4.69) is 69.1 Å². The molecular weight excluding hydrogens is 244 g/mol. The van der Waals surface area contributed by atoms with Crippen molar-refractivity contribution in [2.24, 2.45) is 5.92 Å². The molecule has 0 spiro atoms. The van der Waals surface area contributed by atoms with Gasteiger partial charge in [0.25, 0.3) is 0 Å². The second kappa shape index (κ2) is 9.02. The van der Waals surface area contributed by atoms with Crippen LogP contribution in [0.4, 0.5) is 5.69 Å². The minimum Gasteiger partial charge on any atom is -0.382 e. The summed E-state index contributed by atoms with van der Waals surface area (Å²) in [4.78, 5) is 2.46. The van der Waals surface area contributed by atoms with Crippen molar-refractivity contribution >= 4 is 5.69 Å². The van der Waals surface area contributed by atoms with Crippen molar-refractivity contribution in [1.82, 2.24) is 4.90 Å². The first-order chi connectivity index (χ1) is 9.56. The number of nitrogens with one attached hydrogen (secondary N) is 1. The first kappa shape index (κ1) is 17.0. The van der Waals surface area contributed by atoms with Crippen LogP contribution >= 0.6 is 0 Å². The third-order valence-electron chi connectivity index (χ3n) is 3.88. The summed E-state index contributed by atoms with van der Waals surface area (Å²) in [6, 6.07) is 9.27. The Balaban J connectivity index is 2.65. The average molecular weight is 276 g/mol. The Morgan fingerprint density at radius 1 is 1.00 bits per heavy atom. The lowest BCUT2D eigenvalue weighted by Gasteiger charge is -2.23. The van der Waals surface area contributed by atoms with E-state index in [1.54, 1.807) is 0 Å². The van der Waals surface area contributed by atoms with Crippen molar-refractivity contribution in [3.05, 3.63) is 29.8 Å². The van der Waals surface area contributed by atoms with Crippen LogP contribution in [0.15, 0.2) is 24.3 Å². The Morgan fingerprint density at radius 2 is 1.65 bits per heavy atom. The maximum absolute atomic E-state index is 3.69. The molecule has 0 bridgehead atoms. The van der Waals surface area contributed by atoms with Crippen molar-refractivity contribution in [1.29, 1.82) is 0 Å². The highest BCUT2D eigenvalue weighted by Crippen LogP contribution is 2.19. The molecule has 1 rings (SSSR count). The molecule has 0 aromatic heterocycles. The van der Waals surface area contributed by atoms with E-state index in [9.17, 15) is 0 Å². The van der Waals surface area contributed by atoms with E-state index < -0.39 is 0 Å². The van der Waals surface area contributed by atoms with Gasteiger partial charge in [0.15, 0.2) is 0 Å². The van der Waals surface area contributed by atoms with E-state index in [0.29, 0.717) is 6.04 Å². The first-order valence-electron chi connectivity index (χ1n) is 8.13. The Labute approximate surface area is 125 Å². The minimum absolute atomic E-state index is 0.537. The van der Waals surface area contributed by atoms with Crippen LogP contribution in [0.1, 0.15) is 53.0 Å². The number of hydrogen-bond donors (Lipinski definition) is 1. The molecule has 2 heteroatoms. The molecule has 1 aromatic carbocycles. The van der Waals surface area contributed by atoms with Crippen LogP contribution < -0.4 is 5.32 Å². The number of benzene rings is 1. The number of hydrogen-bond acceptors (Lipinski definition) is 2. The van der Waals surface area contributed by atoms with Gasteiger partial charge in [-0.1, -0.05) is 45.9 Å². The van der Waals surface area contributed by atoms with Gasteiger partial charge >= 0.3 is 0 Å². The van der Waals surface area contributed by atoms with Gasteiger partial charge in [-0.05, 0) is 50.4 Å². The summed E-state index contributed by atoms with van der Waals surface area (Å²) < 4.78 is 0. The molecule has 114 valence electrons. The van der Waals surface area contributed by atoms with Crippen LogP contribution in [0.2, 0.25) is 0 Å². The lowest BCUT2D eigenvalue weighted by Crippen LogP contribution is -2.24. The molecule has 0 amide bonds. The van der Waals surface area contributed by atoms with Gasteiger partial charge in [-0.25, -0.2) is 0 Å². The van der Waals surface area contributed by atoms with E-state index in [-0.39, 0.29) is 0 Å². The van der Waals surface area contributed by atoms with E-state index in [1.165, 1.54) is 24.1 Å². The molecule has 0 heterocycles. The Morgan fingerprint density at radius 3 is 2.25 bits per heavy atom. The first-order valence-corrected chi connectivity index (χ1v) is 8.13. The van der Waals surface area contributed by atoms with E-state index in [4.69, 9.17) is 0 Å². The summed E-state index contributed by atoms with van der Waals surface area (Å²) in [5.74, 6) is 0.783. The summed E-state index contributed by atoms with van der Waals surface area (Å²) in [5.41, 5.74) is 2.71. The SMILES string of the molecule is CCN(CC)Cc1ccccc1NC(C)CCC(C)C. The van der Waals surface area contributed by atoms with Crippen LogP contribution in [0.3, 0.4) is 0 Å². The van der Waals surface area contributed by atoms with Gasteiger partial charge in [-0.3, -0.25) is 4.90 Å². The Kier molecular flexibility index (Phi) is 7.68. The summed E-state index contributed by atoms with van der Waals surface area (Å²) in [5, 5.41) is 3.69.